The van der Waals surface area contributed by atoms with Crippen LogP contribution in [0.2, 0.25) is 0 Å². The first kappa shape index (κ1) is 28.4. The van der Waals surface area contributed by atoms with Crippen molar-refractivity contribution in [1.82, 2.24) is 0 Å². The molecule has 0 spiro atoms. The molecule has 0 N–H and O–H groups in total. The van der Waals surface area contributed by atoms with E-state index in [4.69, 9.17) is 9.47 Å². The summed E-state index contributed by atoms with van der Waals surface area (Å²) >= 11 is 0. The molecule has 0 aromatic heterocycles. The second kappa shape index (κ2) is 11.3. The smallest absolute Gasteiger partial charge is 0.193 e. The van der Waals surface area contributed by atoms with E-state index >= 15 is 0 Å². The first-order valence-corrected chi connectivity index (χ1v) is 15.3. The second-order valence-electron chi connectivity index (χ2n) is 12.4. The fourth-order valence-electron chi connectivity index (χ4n) is 6.49. The van der Waals surface area contributed by atoms with Gasteiger partial charge >= 0.3 is 0 Å². The van der Waals surface area contributed by atoms with Crippen molar-refractivity contribution in [2.24, 2.45) is 0 Å². The zero-order valence-electron chi connectivity index (χ0n) is 25.7. The van der Waals surface area contributed by atoms with Crippen molar-refractivity contribution in [2.45, 2.75) is 31.8 Å². The van der Waals surface area contributed by atoms with Gasteiger partial charge in [-0.05, 0) is 103 Å². The van der Waals surface area contributed by atoms with Gasteiger partial charge in [0.1, 0.15) is 22.8 Å². The Labute approximate surface area is 264 Å². The van der Waals surface area contributed by atoms with Crippen molar-refractivity contribution in [3.05, 3.63) is 185 Å². The molecule has 0 saturated heterocycles. The van der Waals surface area contributed by atoms with Gasteiger partial charge in [-0.1, -0.05) is 103 Å². The van der Waals surface area contributed by atoms with Crippen LogP contribution in [0.5, 0.6) is 17.2 Å². The second-order valence-corrected chi connectivity index (χ2v) is 12.4. The SMILES string of the molecule is CC(C)(C)Oc1ccc(C2(c3ccc(Oc4ccc(C(=O)c5ccccc5)cc4)cc3)c3ccccc3-c3ccccc32)cc1. The van der Waals surface area contributed by atoms with E-state index in [2.05, 4.69) is 106 Å². The van der Waals surface area contributed by atoms with Crippen molar-refractivity contribution >= 4 is 5.78 Å². The molecular formula is C42H34O3. The van der Waals surface area contributed by atoms with E-state index in [9.17, 15) is 4.79 Å². The highest BCUT2D eigenvalue weighted by molar-refractivity contribution is 6.09. The average Bonchev–Trinajstić information content (AvgIpc) is 3.36. The van der Waals surface area contributed by atoms with Gasteiger partial charge in [-0.15, -0.1) is 0 Å². The standard InChI is InChI=1S/C42H34O3/c1-41(2,3)45-35-27-21-32(22-28-35)42(38-15-9-7-13-36(38)37-14-8-10-16-39(37)42)31-19-25-34(26-20-31)44-33-23-17-30(18-24-33)40(43)29-11-5-4-6-12-29/h4-28H,1-3H3. The minimum absolute atomic E-state index is 0.00747. The van der Waals surface area contributed by atoms with Gasteiger partial charge in [0.15, 0.2) is 5.78 Å². The van der Waals surface area contributed by atoms with Crippen LogP contribution in [-0.2, 0) is 5.41 Å². The lowest BCUT2D eigenvalue weighted by molar-refractivity contribution is 0.103. The van der Waals surface area contributed by atoms with Crippen LogP contribution in [0.3, 0.4) is 0 Å². The highest BCUT2D eigenvalue weighted by atomic mass is 16.5. The van der Waals surface area contributed by atoms with Crippen molar-refractivity contribution in [1.29, 1.82) is 0 Å². The molecule has 1 aliphatic carbocycles. The first-order chi connectivity index (χ1) is 21.8. The monoisotopic (exact) mass is 586 g/mol. The van der Waals surface area contributed by atoms with Crippen LogP contribution in [0, 0.1) is 0 Å². The molecule has 7 rings (SSSR count). The van der Waals surface area contributed by atoms with Crippen LogP contribution in [0.1, 0.15) is 58.9 Å². The van der Waals surface area contributed by atoms with Crippen LogP contribution in [0.25, 0.3) is 11.1 Å². The van der Waals surface area contributed by atoms with E-state index in [1.54, 1.807) is 0 Å². The molecule has 0 radical (unpaired) electrons. The van der Waals surface area contributed by atoms with E-state index in [1.807, 2.05) is 66.7 Å². The lowest BCUT2D eigenvalue weighted by atomic mass is 9.68. The molecule has 0 saturated carbocycles. The summed E-state index contributed by atoms with van der Waals surface area (Å²) in [4.78, 5) is 12.8. The van der Waals surface area contributed by atoms with E-state index in [1.165, 1.54) is 27.8 Å². The molecule has 6 aromatic carbocycles. The van der Waals surface area contributed by atoms with Gasteiger partial charge in [0, 0.05) is 11.1 Å². The normalized spacial score (nSPS) is 13.0. The summed E-state index contributed by atoms with van der Waals surface area (Å²) in [6, 6.07) is 51.0. The summed E-state index contributed by atoms with van der Waals surface area (Å²) < 4.78 is 12.4. The Morgan fingerprint density at radius 1 is 0.489 bits per heavy atom. The van der Waals surface area contributed by atoms with Crippen LogP contribution in [0.4, 0.5) is 0 Å². The lowest BCUT2D eigenvalue weighted by Crippen LogP contribution is -2.28. The molecule has 0 aliphatic heterocycles. The van der Waals surface area contributed by atoms with Gasteiger partial charge < -0.3 is 9.47 Å². The fraction of sp³-hybridized carbons (Fsp3) is 0.119. The van der Waals surface area contributed by atoms with Crippen molar-refractivity contribution in [2.75, 3.05) is 0 Å². The molecular weight excluding hydrogens is 552 g/mol. The molecule has 3 heteroatoms. The van der Waals surface area contributed by atoms with E-state index in [-0.39, 0.29) is 11.4 Å². The van der Waals surface area contributed by atoms with Crippen molar-refractivity contribution in [3.63, 3.8) is 0 Å². The predicted molar refractivity (Wildman–Crippen MR) is 181 cm³/mol. The Hall–Kier alpha value is -5.41. The maximum Gasteiger partial charge on any atom is 0.193 e. The topological polar surface area (TPSA) is 35.5 Å². The molecule has 0 fully saturated rings. The van der Waals surface area contributed by atoms with Gasteiger partial charge in [0.2, 0.25) is 0 Å². The Kier molecular flexibility index (Phi) is 7.10. The maximum absolute atomic E-state index is 12.8. The summed E-state index contributed by atoms with van der Waals surface area (Å²) in [5, 5.41) is 0. The third-order valence-electron chi connectivity index (χ3n) is 8.34. The summed E-state index contributed by atoms with van der Waals surface area (Å²) in [7, 11) is 0. The largest absolute Gasteiger partial charge is 0.488 e. The molecule has 220 valence electrons. The Morgan fingerprint density at radius 3 is 1.42 bits per heavy atom. The molecule has 3 nitrogen and oxygen atoms in total. The molecule has 0 bridgehead atoms. The third kappa shape index (κ3) is 5.21. The Bertz CT molecular complexity index is 1920. The molecule has 0 heterocycles. The molecule has 0 atom stereocenters. The quantitative estimate of drug-likeness (QED) is 0.174. The predicted octanol–water partition coefficient (Wildman–Crippen LogP) is 10.3. The Balaban J connectivity index is 1.25. The van der Waals surface area contributed by atoms with Gasteiger partial charge in [-0.25, -0.2) is 0 Å². The Morgan fingerprint density at radius 2 is 0.911 bits per heavy atom. The zero-order valence-corrected chi connectivity index (χ0v) is 25.7. The zero-order chi connectivity index (χ0) is 31.0. The number of hydrogen-bond acceptors (Lipinski definition) is 3. The van der Waals surface area contributed by atoms with Gasteiger partial charge in [-0.3, -0.25) is 4.79 Å². The molecule has 45 heavy (non-hydrogen) atoms. The van der Waals surface area contributed by atoms with Crippen LogP contribution in [-0.4, -0.2) is 11.4 Å². The van der Waals surface area contributed by atoms with Crippen molar-refractivity contribution in [3.8, 4) is 28.4 Å². The van der Waals surface area contributed by atoms with Crippen molar-refractivity contribution < 1.29 is 14.3 Å². The van der Waals surface area contributed by atoms with Gasteiger partial charge in [-0.2, -0.15) is 0 Å². The van der Waals surface area contributed by atoms with Crippen LogP contribution in [0.15, 0.2) is 152 Å². The van der Waals surface area contributed by atoms with Gasteiger partial charge in [0.25, 0.3) is 0 Å². The molecule has 6 aromatic rings. The minimum atomic E-state index is -0.509. The fourth-order valence-corrected chi connectivity index (χ4v) is 6.49. The number of hydrogen-bond donors (Lipinski definition) is 0. The lowest BCUT2D eigenvalue weighted by Gasteiger charge is -2.34. The van der Waals surface area contributed by atoms with Gasteiger partial charge in [0.05, 0.1) is 5.41 Å². The van der Waals surface area contributed by atoms with Crippen LogP contribution >= 0.6 is 0 Å². The summed E-state index contributed by atoms with van der Waals surface area (Å²) in [5.74, 6) is 2.24. The molecule has 1 aliphatic rings. The summed E-state index contributed by atoms with van der Waals surface area (Å²) in [6.45, 7) is 6.19. The highest BCUT2D eigenvalue weighted by Crippen LogP contribution is 2.56. The minimum Gasteiger partial charge on any atom is -0.488 e. The molecule has 0 amide bonds. The number of ether oxygens (including phenoxy) is 2. The summed E-state index contributed by atoms with van der Waals surface area (Å²) in [5.41, 5.74) is 7.83. The number of carbonyl (C=O) groups is 1. The number of carbonyl (C=O) groups excluding carboxylic acids is 1. The van der Waals surface area contributed by atoms with Crippen LogP contribution < -0.4 is 9.47 Å². The first-order valence-electron chi connectivity index (χ1n) is 15.3. The highest BCUT2D eigenvalue weighted by Gasteiger charge is 2.45. The number of ketones is 1. The third-order valence-corrected chi connectivity index (χ3v) is 8.34. The van der Waals surface area contributed by atoms with E-state index < -0.39 is 5.41 Å². The van der Waals surface area contributed by atoms with E-state index in [0.717, 1.165) is 17.1 Å². The summed E-state index contributed by atoms with van der Waals surface area (Å²) in [6.07, 6.45) is 0. The number of rotatable bonds is 7. The maximum atomic E-state index is 12.8. The average molecular weight is 587 g/mol. The number of benzene rings is 6. The number of fused-ring (bicyclic) bond motifs is 3. The molecule has 0 unspecified atom stereocenters. The van der Waals surface area contributed by atoms with E-state index in [0.29, 0.717) is 16.9 Å².